The van der Waals surface area contributed by atoms with Crippen LogP contribution in [0, 0.1) is 17.2 Å². The zero-order valence-corrected chi connectivity index (χ0v) is 11.3. The van der Waals surface area contributed by atoms with Crippen LogP contribution in [0.25, 0.3) is 0 Å². The lowest BCUT2D eigenvalue weighted by Gasteiger charge is -2.30. The number of hydrogen-bond donors (Lipinski definition) is 1. The van der Waals surface area contributed by atoms with E-state index in [1.807, 2.05) is 18.7 Å². The minimum atomic E-state index is -3.14. The van der Waals surface area contributed by atoms with Gasteiger partial charge in [0, 0.05) is 19.1 Å². The number of likely N-dealkylation sites (tertiary alicyclic amines) is 1. The molecule has 98 valence electrons. The van der Waals surface area contributed by atoms with E-state index in [1.54, 1.807) is 0 Å². The molecular formula is C11H21N3O2S. The SMILES string of the molecule is CC(C)CS(=O)(=O)NC1CCN(CC#N)CC1. The fourth-order valence-corrected chi connectivity index (χ4v) is 3.77. The summed E-state index contributed by atoms with van der Waals surface area (Å²) in [5.41, 5.74) is 0. The third kappa shape index (κ3) is 5.48. The Labute approximate surface area is 104 Å². The van der Waals surface area contributed by atoms with Crippen molar-refractivity contribution in [3.8, 4) is 6.07 Å². The van der Waals surface area contributed by atoms with Crippen LogP contribution in [0.3, 0.4) is 0 Å². The van der Waals surface area contributed by atoms with Gasteiger partial charge in [0.25, 0.3) is 0 Å². The first kappa shape index (κ1) is 14.4. The Balaban J connectivity index is 2.38. The summed E-state index contributed by atoms with van der Waals surface area (Å²) in [5.74, 6) is 0.331. The van der Waals surface area contributed by atoms with Crippen LogP contribution in [0.1, 0.15) is 26.7 Å². The molecule has 0 aromatic heterocycles. The first-order valence-corrected chi connectivity index (χ1v) is 7.67. The highest BCUT2D eigenvalue weighted by molar-refractivity contribution is 7.89. The molecule has 0 bridgehead atoms. The van der Waals surface area contributed by atoms with Crippen LogP contribution < -0.4 is 4.72 Å². The number of piperidine rings is 1. The Morgan fingerprint density at radius 1 is 1.41 bits per heavy atom. The maximum absolute atomic E-state index is 11.7. The van der Waals surface area contributed by atoms with Gasteiger partial charge in [0.15, 0.2) is 0 Å². The van der Waals surface area contributed by atoms with Crippen LogP contribution in [-0.2, 0) is 10.0 Å². The number of nitrogens with zero attached hydrogens (tertiary/aromatic N) is 2. The van der Waals surface area contributed by atoms with Crippen LogP contribution in [0.15, 0.2) is 0 Å². The second-order valence-corrected chi connectivity index (χ2v) is 6.80. The van der Waals surface area contributed by atoms with E-state index in [1.165, 1.54) is 0 Å². The fraction of sp³-hybridized carbons (Fsp3) is 0.909. The lowest BCUT2D eigenvalue weighted by molar-refractivity contribution is 0.229. The van der Waals surface area contributed by atoms with Crippen LogP contribution in [0.2, 0.25) is 0 Å². The maximum atomic E-state index is 11.7. The largest absolute Gasteiger partial charge is 0.290 e. The third-order valence-electron chi connectivity index (χ3n) is 2.78. The van der Waals surface area contributed by atoms with Crippen molar-refractivity contribution in [1.29, 1.82) is 5.26 Å². The Morgan fingerprint density at radius 3 is 2.47 bits per heavy atom. The van der Waals surface area contributed by atoms with Crippen LogP contribution in [0.5, 0.6) is 0 Å². The molecule has 1 rings (SSSR count). The average molecular weight is 259 g/mol. The summed E-state index contributed by atoms with van der Waals surface area (Å²) >= 11 is 0. The lowest BCUT2D eigenvalue weighted by Crippen LogP contribution is -2.45. The highest BCUT2D eigenvalue weighted by Crippen LogP contribution is 2.11. The average Bonchev–Trinajstić information content (AvgIpc) is 2.18. The molecule has 0 radical (unpaired) electrons. The molecule has 1 aliphatic heterocycles. The number of hydrogen-bond acceptors (Lipinski definition) is 4. The fourth-order valence-electron chi connectivity index (χ4n) is 2.05. The van der Waals surface area contributed by atoms with Crippen molar-refractivity contribution in [1.82, 2.24) is 9.62 Å². The van der Waals surface area contributed by atoms with Crippen LogP contribution >= 0.6 is 0 Å². The quantitative estimate of drug-likeness (QED) is 0.732. The molecule has 17 heavy (non-hydrogen) atoms. The Bertz CT molecular complexity index is 365. The summed E-state index contributed by atoms with van der Waals surface area (Å²) in [7, 11) is -3.14. The predicted octanol–water partition coefficient (Wildman–Crippen LogP) is 0.550. The molecule has 1 heterocycles. The van der Waals surface area contributed by atoms with Crippen molar-refractivity contribution in [3.63, 3.8) is 0 Å². The molecule has 0 aromatic rings. The molecule has 0 unspecified atom stereocenters. The standard InChI is InChI=1S/C11H21N3O2S/c1-10(2)9-17(15,16)13-11-3-6-14(7-4-11)8-5-12/h10-11,13H,3-4,6-9H2,1-2H3. The number of nitrogens with one attached hydrogen (secondary N) is 1. The molecule has 1 saturated heterocycles. The van der Waals surface area contributed by atoms with E-state index in [0.717, 1.165) is 25.9 Å². The Kier molecular flexibility index (Phi) is 5.37. The molecule has 0 atom stereocenters. The lowest BCUT2D eigenvalue weighted by atomic mass is 10.1. The molecule has 1 aliphatic rings. The van der Waals surface area contributed by atoms with E-state index in [4.69, 9.17) is 5.26 Å². The normalized spacial score (nSPS) is 19.4. The highest BCUT2D eigenvalue weighted by Gasteiger charge is 2.23. The van der Waals surface area contributed by atoms with Gasteiger partial charge in [-0.2, -0.15) is 5.26 Å². The van der Waals surface area contributed by atoms with E-state index in [9.17, 15) is 8.42 Å². The van der Waals surface area contributed by atoms with Crippen LogP contribution in [0.4, 0.5) is 0 Å². The van der Waals surface area contributed by atoms with Crippen LogP contribution in [-0.4, -0.2) is 44.7 Å². The summed E-state index contributed by atoms with van der Waals surface area (Å²) in [6.07, 6.45) is 1.58. The molecule has 5 nitrogen and oxygen atoms in total. The molecule has 0 amide bonds. The molecule has 0 aliphatic carbocycles. The van der Waals surface area contributed by atoms with E-state index >= 15 is 0 Å². The van der Waals surface area contributed by atoms with Crippen molar-refractivity contribution in [2.24, 2.45) is 5.92 Å². The van der Waals surface area contributed by atoms with Gasteiger partial charge < -0.3 is 0 Å². The van der Waals surface area contributed by atoms with Gasteiger partial charge in [-0.1, -0.05) is 13.8 Å². The molecular weight excluding hydrogens is 238 g/mol. The summed E-state index contributed by atoms with van der Waals surface area (Å²) in [6.45, 7) is 5.82. The Morgan fingerprint density at radius 2 is 2.00 bits per heavy atom. The smallest absolute Gasteiger partial charge is 0.212 e. The van der Waals surface area contributed by atoms with Gasteiger partial charge in [0.05, 0.1) is 18.4 Å². The van der Waals surface area contributed by atoms with Crippen molar-refractivity contribution < 1.29 is 8.42 Å². The van der Waals surface area contributed by atoms with Crippen molar-refractivity contribution in [2.75, 3.05) is 25.4 Å². The summed E-state index contributed by atoms with van der Waals surface area (Å²) in [6, 6.07) is 2.15. The highest BCUT2D eigenvalue weighted by atomic mass is 32.2. The van der Waals surface area contributed by atoms with E-state index in [2.05, 4.69) is 10.8 Å². The first-order valence-electron chi connectivity index (χ1n) is 6.02. The number of sulfonamides is 1. The van der Waals surface area contributed by atoms with Gasteiger partial charge >= 0.3 is 0 Å². The Hall–Kier alpha value is -0.640. The predicted molar refractivity (Wildman–Crippen MR) is 66.8 cm³/mol. The van der Waals surface area contributed by atoms with Gasteiger partial charge in [0.2, 0.25) is 10.0 Å². The minimum absolute atomic E-state index is 0.0358. The van der Waals surface area contributed by atoms with Crippen molar-refractivity contribution in [3.05, 3.63) is 0 Å². The molecule has 0 aromatic carbocycles. The third-order valence-corrected chi connectivity index (χ3v) is 4.58. The van der Waals surface area contributed by atoms with Crippen molar-refractivity contribution >= 4 is 10.0 Å². The molecule has 1 fully saturated rings. The van der Waals surface area contributed by atoms with E-state index in [-0.39, 0.29) is 17.7 Å². The summed E-state index contributed by atoms with van der Waals surface area (Å²) in [5, 5.41) is 8.57. The van der Waals surface area contributed by atoms with Gasteiger partial charge in [-0.25, -0.2) is 13.1 Å². The minimum Gasteiger partial charge on any atom is -0.290 e. The molecule has 0 spiro atoms. The molecule has 6 heteroatoms. The maximum Gasteiger partial charge on any atom is 0.212 e. The topological polar surface area (TPSA) is 73.2 Å². The van der Waals surface area contributed by atoms with Gasteiger partial charge in [-0.3, -0.25) is 4.90 Å². The second kappa shape index (κ2) is 6.34. The first-order chi connectivity index (χ1) is 7.93. The zero-order valence-electron chi connectivity index (χ0n) is 10.5. The van der Waals surface area contributed by atoms with E-state index < -0.39 is 10.0 Å². The van der Waals surface area contributed by atoms with Gasteiger partial charge in [-0.15, -0.1) is 0 Å². The van der Waals surface area contributed by atoms with Gasteiger partial charge in [0.1, 0.15) is 0 Å². The molecule has 1 N–H and O–H groups in total. The zero-order chi connectivity index (χ0) is 12.9. The summed E-state index contributed by atoms with van der Waals surface area (Å²) in [4.78, 5) is 2.05. The molecule has 0 saturated carbocycles. The monoisotopic (exact) mass is 259 g/mol. The number of rotatable bonds is 5. The second-order valence-electron chi connectivity index (χ2n) is 5.00. The summed E-state index contributed by atoms with van der Waals surface area (Å²) < 4.78 is 26.2. The van der Waals surface area contributed by atoms with E-state index in [0.29, 0.717) is 6.54 Å². The van der Waals surface area contributed by atoms with Crippen molar-refractivity contribution in [2.45, 2.75) is 32.7 Å². The number of nitriles is 1. The van der Waals surface area contributed by atoms with Gasteiger partial charge in [-0.05, 0) is 18.8 Å².